The van der Waals surface area contributed by atoms with Gasteiger partial charge in [-0.2, -0.15) is 30.4 Å². The summed E-state index contributed by atoms with van der Waals surface area (Å²) in [5.74, 6) is -12.9. The van der Waals surface area contributed by atoms with Crippen molar-refractivity contribution in [2.75, 3.05) is 159 Å². The van der Waals surface area contributed by atoms with Crippen molar-refractivity contribution < 1.29 is 120 Å². The summed E-state index contributed by atoms with van der Waals surface area (Å²) in [6, 6.07) is 5.35. The molecule has 0 fully saturated rings. The minimum absolute atomic E-state index is 0.00761. The maximum absolute atomic E-state index is 14.0. The van der Waals surface area contributed by atoms with Crippen LogP contribution in [-0.2, 0) is 88.0 Å². The van der Waals surface area contributed by atoms with Crippen molar-refractivity contribution in [2.45, 2.75) is 50.2 Å². The van der Waals surface area contributed by atoms with Gasteiger partial charge in [0.15, 0.2) is 16.5 Å². The molecule has 4 rings (SSSR count). The number of hydrogen-bond acceptors (Lipinski definition) is 22. The van der Waals surface area contributed by atoms with Crippen LogP contribution in [0.3, 0.4) is 0 Å². The van der Waals surface area contributed by atoms with Crippen LogP contribution in [0.15, 0.2) is 46.1 Å². The molecule has 1 aliphatic heterocycles. The average Bonchev–Trinajstić information content (AvgIpc) is 1.16. The van der Waals surface area contributed by atoms with E-state index in [1.807, 2.05) is 13.0 Å². The van der Waals surface area contributed by atoms with Gasteiger partial charge in [0.05, 0.1) is 164 Å². The Balaban J connectivity index is 0.882. The molecular formula is C53H71F7N6O19S. The number of benzene rings is 2. The summed E-state index contributed by atoms with van der Waals surface area (Å²) in [4.78, 5) is 54.1. The molecule has 25 nitrogen and oxygen atoms in total. The Morgan fingerprint density at radius 2 is 1.09 bits per heavy atom. The molecule has 1 aromatic heterocycles. The monoisotopic (exact) mass is 1260 g/mol. The van der Waals surface area contributed by atoms with Gasteiger partial charge in [0, 0.05) is 48.5 Å². The quantitative estimate of drug-likeness (QED) is 0.0132. The maximum atomic E-state index is 14.0. The number of amides is 2. The third-order valence-electron chi connectivity index (χ3n) is 11.1. The van der Waals surface area contributed by atoms with Crippen molar-refractivity contribution in [3.63, 3.8) is 0 Å². The fourth-order valence-corrected chi connectivity index (χ4v) is 7.66. The Bertz CT molecular complexity index is 2690. The molecule has 33 heteroatoms. The van der Waals surface area contributed by atoms with E-state index in [1.165, 1.54) is 0 Å². The topological polar surface area (TPSA) is 305 Å². The number of carbonyl (C=O) groups excluding carboxylic acids is 3. The van der Waals surface area contributed by atoms with E-state index in [-0.39, 0.29) is 96.1 Å². The number of esters is 1. The zero-order valence-electron chi connectivity index (χ0n) is 47.2. The molecular weight excluding hydrogens is 1190 g/mol. The Kier molecular flexibility index (Phi) is 34.2. The third kappa shape index (κ3) is 28.7. The van der Waals surface area contributed by atoms with Gasteiger partial charge in [-0.15, -0.1) is 0 Å². The largest absolute Gasteiger partial charge is 0.420 e. The van der Waals surface area contributed by atoms with E-state index in [2.05, 4.69) is 29.8 Å². The number of hydrogen-bond donors (Lipinski definition) is 3. The number of aromatic nitrogens is 2. The van der Waals surface area contributed by atoms with Crippen LogP contribution in [0.4, 0.5) is 36.4 Å². The fourth-order valence-electron chi connectivity index (χ4n) is 7.03. The molecule has 0 spiro atoms. The lowest BCUT2D eigenvalue weighted by atomic mass is 10.0. The Morgan fingerprint density at radius 1 is 0.640 bits per heavy atom. The van der Waals surface area contributed by atoms with E-state index in [1.54, 1.807) is 30.6 Å². The van der Waals surface area contributed by atoms with Gasteiger partial charge in [0.2, 0.25) is 23.3 Å². The van der Waals surface area contributed by atoms with Gasteiger partial charge in [-0.3, -0.25) is 23.8 Å². The lowest BCUT2D eigenvalue weighted by Crippen LogP contribution is -2.35. The van der Waals surface area contributed by atoms with Crippen LogP contribution >= 0.6 is 0 Å². The molecule has 4 N–H and O–H groups in total. The molecule has 0 saturated heterocycles. The summed E-state index contributed by atoms with van der Waals surface area (Å²) < 4.78 is 187. The minimum atomic E-state index is -5.66. The van der Waals surface area contributed by atoms with Gasteiger partial charge in [0.1, 0.15) is 18.3 Å². The number of alkyl halides is 3. The summed E-state index contributed by atoms with van der Waals surface area (Å²) in [6.07, 6.45) is 0.483. The van der Waals surface area contributed by atoms with Gasteiger partial charge in [-0.25, -0.2) is 28.8 Å². The van der Waals surface area contributed by atoms with Crippen LogP contribution in [0.2, 0.25) is 0 Å². The zero-order chi connectivity index (χ0) is 62.6. The van der Waals surface area contributed by atoms with Crippen LogP contribution < -0.4 is 15.8 Å². The van der Waals surface area contributed by atoms with Crippen LogP contribution in [0.25, 0.3) is 17.2 Å². The van der Waals surface area contributed by atoms with Crippen molar-refractivity contribution in [2.24, 2.45) is 10.7 Å². The molecule has 0 atom stereocenters. The van der Waals surface area contributed by atoms with E-state index in [4.69, 9.17) is 62.5 Å². The molecule has 2 amide bonds. The number of ether oxygens (including phenoxy) is 12. The molecule has 0 aliphatic carbocycles. The maximum Gasteiger partial charge on any atom is 0.411 e. The number of hydroxylamine groups is 2. The Hall–Kier alpha value is -5.92. The molecule has 3 aromatic rings. The van der Waals surface area contributed by atoms with E-state index in [0.717, 1.165) is 10.6 Å². The first-order chi connectivity index (χ1) is 41.3. The number of fused-ring (bicyclic) bond motifs is 1. The number of nitrogens with one attached hydrogen (secondary N) is 1. The van der Waals surface area contributed by atoms with Gasteiger partial charge in [-0.1, -0.05) is 19.1 Å². The molecule has 0 unspecified atom stereocenters. The molecule has 0 bridgehead atoms. The van der Waals surface area contributed by atoms with Crippen molar-refractivity contribution in [1.82, 2.24) is 20.3 Å². The number of carbonyl (C=O) groups is 3. The number of aliphatic imine (C=N–C) groups is 1. The normalized spacial score (nSPS) is 12.6. The van der Waals surface area contributed by atoms with Crippen molar-refractivity contribution in [1.29, 1.82) is 0 Å². The van der Waals surface area contributed by atoms with Crippen LogP contribution in [0.5, 0.6) is 5.75 Å². The summed E-state index contributed by atoms with van der Waals surface area (Å²) in [5, 5.41) is 3.85. The first-order valence-corrected chi connectivity index (χ1v) is 28.4. The Labute approximate surface area is 491 Å². The number of nitrogens with zero attached hydrogens (tertiary/aromatic N) is 4. The number of halogens is 7. The highest BCUT2D eigenvalue weighted by molar-refractivity contribution is 7.85. The third-order valence-corrected chi connectivity index (χ3v) is 11.9. The minimum Gasteiger partial charge on any atom is -0.420 e. The Morgan fingerprint density at radius 3 is 1.55 bits per heavy atom. The second-order valence-electron chi connectivity index (χ2n) is 17.8. The molecule has 0 saturated carbocycles. The van der Waals surface area contributed by atoms with Crippen LogP contribution in [0.1, 0.15) is 44.0 Å². The highest BCUT2D eigenvalue weighted by atomic mass is 32.2. The highest BCUT2D eigenvalue weighted by Crippen LogP contribution is 2.34. The van der Waals surface area contributed by atoms with E-state index in [0.29, 0.717) is 122 Å². The van der Waals surface area contributed by atoms with Gasteiger partial charge in [0.25, 0.3) is 5.91 Å². The second kappa shape index (κ2) is 40.5. The van der Waals surface area contributed by atoms with Crippen LogP contribution in [-0.4, -0.2) is 216 Å². The number of nitrogens with two attached hydrogens (primary N) is 1. The molecule has 482 valence electrons. The number of rotatable bonds is 46. The van der Waals surface area contributed by atoms with Gasteiger partial charge in [-0.05, 0) is 24.1 Å². The standard InChI is InChI=1S/C53H71F7N6O19S/c1-2-7-66(84-29-28-83-36-53(58,59)60)52(69)39-30-38-4-3-37(31-41(38)65-42(61)32-39)40-33-62-43(63-34-40)35-64-44(67)5-8-73-10-12-75-14-16-77-18-20-79-22-24-81-26-27-82-25-23-80-21-19-78-17-15-76-13-11-74-9-6-45(68)85-50-46(54)48(56)51(86(70,71)72)49(57)47(50)55/h3-4,30-31,33-34H,2,5-29,32,35-36H2,1H3,(H2,61,65)(H,64,67)(H,70,71,72). The van der Waals surface area contributed by atoms with Crippen molar-refractivity contribution >= 4 is 45.5 Å². The predicted octanol–water partition coefficient (Wildman–Crippen LogP) is 4.64. The predicted molar refractivity (Wildman–Crippen MR) is 287 cm³/mol. The summed E-state index contributed by atoms with van der Waals surface area (Å²) in [6.45, 7) is 5.46. The lowest BCUT2D eigenvalue weighted by molar-refractivity contribution is -0.201. The first kappa shape index (κ1) is 72.6. The van der Waals surface area contributed by atoms with Crippen LogP contribution in [0, 0.1) is 23.3 Å². The summed E-state index contributed by atoms with van der Waals surface area (Å²) in [7, 11) is -5.66. The van der Waals surface area contributed by atoms with E-state index < -0.39 is 75.1 Å². The summed E-state index contributed by atoms with van der Waals surface area (Å²) in [5.41, 5.74) is 9.00. The van der Waals surface area contributed by atoms with E-state index >= 15 is 0 Å². The van der Waals surface area contributed by atoms with Crippen molar-refractivity contribution in [3.8, 4) is 16.9 Å². The first-order valence-electron chi connectivity index (χ1n) is 26.9. The van der Waals surface area contributed by atoms with Gasteiger partial charge >= 0.3 is 22.3 Å². The SMILES string of the molecule is CCCN(OCCOCC(F)(F)F)C(=O)C1=Cc2ccc(-c3cnc(CNC(=O)CCOCCOCCOCCOCCOCCOCCOCCOCCOCCOCCC(=O)Oc4c(F)c(F)c(S(=O)(=O)O)c(F)c4F)nc3)cc2N=C(N)C1. The molecule has 2 heterocycles. The molecule has 86 heavy (non-hydrogen) atoms. The fraction of sp³-hybridized carbons (Fsp3) is 0.585. The second-order valence-corrected chi connectivity index (χ2v) is 19.1. The van der Waals surface area contributed by atoms with E-state index in [9.17, 15) is 53.5 Å². The lowest BCUT2D eigenvalue weighted by Gasteiger charge is -2.22. The summed E-state index contributed by atoms with van der Waals surface area (Å²) >= 11 is 0. The molecule has 0 radical (unpaired) electrons. The zero-order valence-corrected chi connectivity index (χ0v) is 48.0. The smallest absolute Gasteiger partial charge is 0.411 e. The van der Waals surface area contributed by atoms with Gasteiger partial charge < -0.3 is 67.9 Å². The molecule has 1 aliphatic rings. The molecule has 2 aromatic carbocycles. The van der Waals surface area contributed by atoms with Crippen molar-refractivity contribution in [3.05, 3.63) is 70.8 Å². The average molecular weight is 1260 g/mol. The number of amidine groups is 1. The highest BCUT2D eigenvalue weighted by Gasteiger charge is 2.34.